The number of thiophene rings is 1. The van der Waals surface area contributed by atoms with E-state index in [9.17, 15) is 9.59 Å². The summed E-state index contributed by atoms with van der Waals surface area (Å²) in [7, 11) is 0. The van der Waals surface area contributed by atoms with E-state index in [1.807, 2.05) is 18.4 Å². The number of urea groups is 1. The standard InChI is InChI=1S/C13H18N2O3S/c1-9(6-10-4-5-19-8-10)14-13(18)15(7-12(16)17)11-2-3-11/h4-5,8-9,11H,2-3,6-7H2,1H3,(H,14,18)(H,16,17). The van der Waals surface area contributed by atoms with E-state index < -0.39 is 5.97 Å². The van der Waals surface area contributed by atoms with Crippen LogP contribution < -0.4 is 5.32 Å². The Hall–Kier alpha value is -1.56. The van der Waals surface area contributed by atoms with Gasteiger partial charge in [0.1, 0.15) is 6.54 Å². The maximum atomic E-state index is 12.1. The van der Waals surface area contributed by atoms with Crippen molar-refractivity contribution in [2.45, 2.75) is 38.3 Å². The van der Waals surface area contributed by atoms with Gasteiger partial charge in [0, 0.05) is 12.1 Å². The molecular formula is C13H18N2O3S. The Balaban J connectivity index is 1.85. The maximum absolute atomic E-state index is 12.1. The average molecular weight is 282 g/mol. The first-order valence-electron chi connectivity index (χ1n) is 6.36. The molecule has 0 aromatic carbocycles. The predicted octanol–water partition coefficient (Wildman–Crippen LogP) is 1.94. The normalized spacial score (nSPS) is 15.8. The minimum Gasteiger partial charge on any atom is -0.480 e. The van der Waals surface area contributed by atoms with Crippen molar-refractivity contribution in [1.29, 1.82) is 0 Å². The average Bonchev–Trinajstić information content (AvgIpc) is 3.04. The molecule has 1 aromatic rings. The second-order valence-electron chi connectivity index (χ2n) is 4.94. The van der Waals surface area contributed by atoms with Crippen LogP contribution in [0.1, 0.15) is 25.3 Å². The summed E-state index contributed by atoms with van der Waals surface area (Å²) >= 11 is 1.63. The van der Waals surface area contributed by atoms with Crippen LogP contribution in [0.4, 0.5) is 4.79 Å². The van der Waals surface area contributed by atoms with Crippen molar-refractivity contribution in [3.8, 4) is 0 Å². The molecule has 1 aliphatic carbocycles. The first kappa shape index (κ1) is 13.9. The van der Waals surface area contributed by atoms with Gasteiger partial charge >= 0.3 is 12.0 Å². The molecule has 2 rings (SSSR count). The van der Waals surface area contributed by atoms with E-state index in [1.54, 1.807) is 11.3 Å². The van der Waals surface area contributed by atoms with Crippen molar-refractivity contribution in [2.75, 3.05) is 6.54 Å². The minimum atomic E-state index is -0.965. The maximum Gasteiger partial charge on any atom is 0.323 e. The SMILES string of the molecule is CC(Cc1ccsc1)NC(=O)N(CC(=O)O)C1CC1. The molecule has 2 amide bonds. The van der Waals surface area contributed by atoms with Gasteiger partial charge in [-0.2, -0.15) is 11.3 Å². The molecule has 6 heteroatoms. The highest BCUT2D eigenvalue weighted by molar-refractivity contribution is 7.07. The van der Waals surface area contributed by atoms with E-state index in [-0.39, 0.29) is 24.7 Å². The monoisotopic (exact) mass is 282 g/mol. The fourth-order valence-corrected chi connectivity index (χ4v) is 2.69. The van der Waals surface area contributed by atoms with Crippen molar-refractivity contribution in [2.24, 2.45) is 0 Å². The number of nitrogens with zero attached hydrogens (tertiary/aromatic N) is 1. The summed E-state index contributed by atoms with van der Waals surface area (Å²) in [6.07, 6.45) is 2.57. The zero-order chi connectivity index (χ0) is 13.8. The molecule has 19 heavy (non-hydrogen) atoms. The molecule has 1 aromatic heterocycles. The predicted molar refractivity (Wildman–Crippen MR) is 73.4 cm³/mol. The van der Waals surface area contributed by atoms with Gasteiger partial charge < -0.3 is 15.3 Å². The Morgan fingerprint density at radius 2 is 2.32 bits per heavy atom. The lowest BCUT2D eigenvalue weighted by Crippen LogP contribution is -2.47. The molecule has 1 heterocycles. The summed E-state index contributed by atoms with van der Waals surface area (Å²) in [5, 5.41) is 15.8. The highest BCUT2D eigenvalue weighted by Gasteiger charge is 2.34. The second-order valence-corrected chi connectivity index (χ2v) is 5.72. The fraction of sp³-hybridized carbons (Fsp3) is 0.538. The quantitative estimate of drug-likeness (QED) is 0.837. The van der Waals surface area contributed by atoms with Crippen LogP contribution >= 0.6 is 11.3 Å². The lowest BCUT2D eigenvalue weighted by Gasteiger charge is -2.23. The Kier molecular flexibility index (Phi) is 4.42. The molecule has 1 fully saturated rings. The van der Waals surface area contributed by atoms with Crippen molar-refractivity contribution >= 4 is 23.3 Å². The molecule has 1 aliphatic rings. The summed E-state index contributed by atoms with van der Waals surface area (Å²) in [6.45, 7) is 1.71. The molecule has 1 unspecified atom stereocenters. The van der Waals surface area contributed by atoms with E-state index in [4.69, 9.17) is 5.11 Å². The van der Waals surface area contributed by atoms with Gasteiger partial charge in [0.25, 0.3) is 0 Å². The summed E-state index contributed by atoms with van der Waals surface area (Å²) in [4.78, 5) is 24.2. The zero-order valence-corrected chi connectivity index (χ0v) is 11.7. The van der Waals surface area contributed by atoms with E-state index in [1.165, 1.54) is 10.5 Å². The van der Waals surface area contributed by atoms with Crippen LogP contribution in [0.5, 0.6) is 0 Å². The van der Waals surface area contributed by atoms with E-state index >= 15 is 0 Å². The third kappa shape index (κ3) is 4.24. The van der Waals surface area contributed by atoms with Crippen LogP contribution in [0.25, 0.3) is 0 Å². The summed E-state index contributed by atoms with van der Waals surface area (Å²) in [5.74, 6) is -0.965. The lowest BCUT2D eigenvalue weighted by molar-refractivity contribution is -0.137. The van der Waals surface area contributed by atoms with Gasteiger partial charge in [-0.15, -0.1) is 0 Å². The molecule has 2 N–H and O–H groups in total. The van der Waals surface area contributed by atoms with E-state index in [0.29, 0.717) is 0 Å². The summed E-state index contributed by atoms with van der Waals surface area (Å²) < 4.78 is 0. The molecule has 1 atom stereocenters. The van der Waals surface area contributed by atoms with Crippen LogP contribution in [0.15, 0.2) is 16.8 Å². The van der Waals surface area contributed by atoms with Gasteiger partial charge in [-0.3, -0.25) is 4.79 Å². The molecule has 0 radical (unpaired) electrons. The number of hydrogen-bond donors (Lipinski definition) is 2. The van der Waals surface area contributed by atoms with Gasteiger partial charge in [0.15, 0.2) is 0 Å². The first-order valence-corrected chi connectivity index (χ1v) is 7.30. The number of rotatable bonds is 6. The van der Waals surface area contributed by atoms with Crippen LogP contribution in [-0.4, -0.2) is 40.6 Å². The van der Waals surface area contributed by atoms with Crippen molar-refractivity contribution in [3.05, 3.63) is 22.4 Å². The molecular weight excluding hydrogens is 264 g/mol. The molecule has 5 nitrogen and oxygen atoms in total. The number of hydrogen-bond acceptors (Lipinski definition) is 3. The molecule has 0 bridgehead atoms. The van der Waals surface area contributed by atoms with Crippen molar-refractivity contribution in [1.82, 2.24) is 10.2 Å². The largest absolute Gasteiger partial charge is 0.480 e. The Bertz CT molecular complexity index is 443. The number of carboxylic acid groups (broad SMARTS) is 1. The Morgan fingerprint density at radius 1 is 1.58 bits per heavy atom. The smallest absolute Gasteiger partial charge is 0.323 e. The topological polar surface area (TPSA) is 69.6 Å². The van der Waals surface area contributed by atoms with Crippen LogP contribution in [-0.2, 0) is 11.2 Å². The van der Waals surface area contributed by atoms with Gasteiger partial charge in [0.05, 0.1) is 0 Å². The molecule has 104 valence electrons. The number of amides is 2. The van der Waals surface area contributed by atoms with E-state index in [2.05, 4.69) is 10.7 Å². The minimum absolute atomic E-state index is 0.00264. The number of aliphatic carboxylic acids is 1. The van der Waals surface area contributed by atoms with Gasteiger partial charge in [-0.1, -0.05) is 0 Å². The fourth-order valence-electron chi connectivity index (χ4n) is 2.01. The number of nitrogens with one attached hydrogen (secondary N) is 1. The molecule has 0 saturated heterocycles. The molecule has 0 spiro atoms. The number of carboxylic acids is 1. The van der Waals surface area contributed by atoms with Gasteiger partial charge in [0.2, 0.25) is 0 Å². The van der Waals surface area contributed by atoms with Crippen LogP contribution in [0, 0.1) is 0 Å². The Labute approximate surface area is 116 Å². The highest BCUT2D eigenvalue weighted by Crippen LogP contribution is 2.26. The second kappa shape index (κ2) is 6.06. The van der Waals surface area contributed by atoms with Crippen molar-refractivity contribution < 1.29 is 14.7 Å². The first-order chi connectivity index (χ1) is 9.06. The molecule has 1 saturated carbocycles. The summed E-state index contributed by atoms with van der Waals surface area (Å²) in [6, 6.07) is 1.86. The van der Waals surface area contributed by atoms with Gasteiger partial charge in [-0.25, -0.2) is 4.79 Å². The number of carbonyl (C=O) groups excluding carboxylic acids is 1. The zero-order valence-electron chi connectivity index (χ0n) is 10.8. The van der Waals surface area contributed by atoms with Crippen molar-refractivity contribution in [3.63, 3.8) is 0 Å². The van der Waals surface area contributed by atoms with Crippen LogP contribution in [0.3, 0.4) is 0 Å². The van der Waals surface area contributed by atoms with Crippen LogP contribution in [0.2, 0.25) is 0 Å². The Morgan fingerprint density at radius 3 is 2.84 bits per heavy atom. The lowest BCUT2D eigenvalue weighted by atomic mass is 10.1. The third-order valence-electron chi connectivity index (χ3n) is 3.05. The molecule has 0 aliphatic heterocycles. The summed E-state index contributed by atoms with van der Waals surface area (Å²) in [5.41, 5.74) is 1.19. The van der Waals surface area contributed by atoms with E-state index in [0.717, 1.165) is 19.3 Å². The highest BCUT2D eigenvalue weighted by atomic mass is 32.1. The number of carbonyl (C=O) groups is 2. The third-order valence-corrected chi connectivity index (χ3v) is 3.78. The van der Waals surface area contributed by atoms with Gasteiger partial charge in [-0.05, 0) is 48.6 Å².